The molecule has 0 radical (unpaired) electrons. The van der Waals surface area contributed by atoms with Gasteiger partial charge in [0.15, 0.2) is 9.84 Å². The van der Waals surface area contributed by atoms with Crippen LogP contribution in [-0.4, -0.2) is 54.1 Å². The van der Waals surface area contributed by atoms with Crippen molar-refractivity contribution in [3.8, 4) is 0 Å². The van der Waals surface area contributed by atoms with Crippen molar-refractivity contribution in [2.24, 2.45) is 0 Å². The lowest BCUT2D eigenvalue weighted by molar-refractivity contribution is -0.131. The number of imidazole rings is 1. The molecule has 1 fully saturated rings. The Labute approximate surface area is 186 Å². The van der Waals surface area contributed by atoms with E-state index in [9.17, 15) is 13.2 Å². The molecule has 0 saturated carbocycles. The minimum Gasteiger partial charge on any atom is -0.348 e. The number of aromatic amines is 1. The van der Waals surface area contributed by atoms with Gasteiger partial charge in [-0.15, -0.1) is 0 Å². The molecule has 4 rings (SSSR count). The predicted molar refractivity (Wildman–Crippen MR) is 121 cm³/mol. The van der Waals surface area contributed by atoms with E-state index in [2.05, 4.69) is 15.3 Å². The number of amides is 1. The minimum absolute atomic E-state index is 0.00845. The van der Waals surface area contributed by atoms with Crippen LogP contribution in [0.4, 0.5) is 0 Å². The average Bonchev–Trinajstić information content (AvgIpc) is 3.30. The van der Waals surface area contributed by atoms with Crippen molar-refractivity contribution in [3.05, 3.63) is 59.6 Å². The lowest BCUT2D eigenvalue weighted by Crippen LogP contribution is -2.45. The van der Waals surface area contributed by atoms with Crippen LogP contribution >= 0.6 is 11.6 Å². The molecule has 2 aromatic carbocycles. The monoisotopic (exact) mass is 460 g/mol. The number of aromatic nitrogens is 2. The van der Waals surface area contributed by atoms with E-state index in [1.807, 2.05) is 0 Å². The van der Waals surface area contributed by atoms with Gasteiger partial charge in [-0.05, 0) is 47.9 Å². The number of likely N-dealkylation sites (tertiary alicyclic amines) is 1. The van der Waals surface area contributed by atoms with Crippen LogP contribution in [0.3, 0.4) is 0 Å². The van der Waals surface area contributed by atoms with Crippen molar-refractivity contribution in [1.82, 2.24) is 20.2 Å². The van der Waals surface area contributed by atoms with Crippen LogP contribution in [0.1, 0.15) is 25.1 Å². The second kappa shape index (κ2) is 9.38. The van der Waals surface area contributed by atoms with Crippen LogP contribution < -0.4 is 5.32 Å². The maximum atomic E-state index is 12.8. The standard InChI is InChI=1S/C22H25ClN4O3S/c23-18-3-1-17-14-20(4-2-16(17)13-18)31(29,30)12-7-22(28)27-10-5-19(6-11-27)26-15-21-24-8-9-25-21/h1-4,8-9,13-14,19,26H,5-7,10-12,15H2,(H,24,25). The molecular formula is C22H25ClN4O3S. The smallest absolute Gasteiger partial charge is 0.223 e. The Morgan fingerprint density at radius 3 is 2.65 bits per heavy atom. The van der Waals surface area contributed by atoms with Crippen molar-refractivity contribution in [3.63, 3.8) is 0 Å². The van der Waals surface area contributed by atoms with Crippen LogP contribution in [0, 0.1) is 0 Å². The van der Waals surface area contributed by atoms with Gasteiger partial charge in [0.05, 0.1) is 17.2 Å². The molecule has 164 valence electrons. The molecule has 1 aliphatic rings. The summed E-state index contributed by atoms with van der Waals surface area (Å²) >= 11 is 5.99. The second-order valence-electron chi connectivity index (χ2n) is 7.79. The molecule has 1 amide bonds. The molecule has 2 heterocycles. The van der Waals surface area contributed by atoms with Gasteiger partial charge in [0.25, 0.3) is 0 Å². The van der Waals surface area contributed by atoms with E-state index >= 15 is 0 Å². The van der Waals surface area contributed by atoms with E-state index in [4.69, 9.17) is 11.6 Å². The fourth-order valence-corrected chi connectivity index (χ4v) is 5.30. The largest absolute Gasteiger partial charge is 0.348 e. The van der Waals surface area contributed by atoms with Crippen LogP contribution in [0.25, 0.3) is 10.8 Å². The van der Waals surface area contributed by atoms with Gasteiger partial charge in [0.2, 0.25) is 5.91 Å². The molecule has 0 spiro atoms. The van der Waals surface area contributed by atoms with E-state index in [0.717, 1.165) is 29.4 Å². The van der Waals surface area contributed by atoms with Gasteiger partial charge in [-0.25, -0.2) is 13.4 Å². The topological polar surface area (TPSA) is 95.2 Å². The first-order valence-electron chi connectivity index (χ1n) is 10.3. The van der Waals surface area contributed by atoms with Crippen LogP contribution in [0.2, 0.25) is 5.02 Å². The Hall–Kier alpha value is -2.42. The van der Waals surface area contributed by atoms with Gasteiger partial charge in [0, 0.05) is 43.0 Å². The Kier molecular flexibility index (Phi) is 6.60. The van der Waals surface area contributed by atoms with E-state index in [-0.39, 0.29) is 23.0 Å². The minimum atomic E-state index is -3.54. The normalized spacial score (nSPS) is 15.5. The van der Waals surface area contributed by atoms with Crippen molar-refractivity contribution >= 4 is 38.1 Å². The zero-order valence-electron chi connectivity index (χ0n) is 17.1. The fourth-order valence-electron chi connectivity index (χ4n) is 3.85. The first-order valence-corrected chi connectivity index (χ1v) is 12.4. The molecule has 1 aromatic heterocycles. The third-order valence-corrected chi connectivity index (χ3v) is 7.63. The number of fused-ring (bicyclic) bond motifs is 1. The summed E-state index contributed by atoms with van der Waals surface area (Å²) in [7, 11) is -3.54. The van der Waals surface area contributed by atoms with E-state index in [1.165, 1.54) is 0 Å². The zero-order valence-corrected chi connectivity index (χ0v) is 18.6. The van der Waals surface area contributed by atoms with E-state index in [1.54, 1.807) is 53.7 Å². The number of benzene rings is 2. The van der Waals surface area contributed by atoms with Crippen molar-refractivity contribution < 1.29 is 13.2 Å². The number of H-pyrrole nitrogens is 1. The summed E-state index contributed by atoms with van der Waals surface area (Å²) in [5.41, 5.74) is 0. The number of piperidine rings is 1. The van der Waals surface area contributed by atoms with Gasteiger partial charge >= 0.3 is 0 Å². The summed E-state index contributed by atoms with van der Waals surface area (Å²) in [4.78, 5) is 21.8. The van der Waals surface area contributed by atoms with Gasteiger partial charge in [-0.3, -0.25) is 4.79 Å². The summed E-state index contributed by atoms with van der Waals surface area (Å²) in [6, 6.07) is 10.6. The summed E-state index contributed by atoms with van der Waals surface area (Å²) in [6.07, 6.45) is 5.18. The highest BCUT2D eigenvalue weighted by Gasteiger charge is 2.24. The number of carbonyl (C=O) groups is 1. The molecule has 9 heteroatoms. The number of hydrogen-bond acceptors (Lipinski definition) is 5. The summed E-state index contributed by atoms with van der Waals surface area (Å²) in [5.74, 6) is 0.586. The average molecular weight is 461 g/mol. The van der Waals surface area contributed by atoms with Gasteiger partial charge in [-0.2, -0.15) is 0 Å². The first-order chi connectivity index (χ1) is 14.9. The molecule has 0 aliphatic carbocycles. The van der Waals surface area contributed by atoms with Crippen molar-refractivity contribution in [2.75, 3.05) is 18.8 Å². The molecule has 31 heavy (non-hydrogen) atoms. The van der Waals surface area contributed by atoms with E-state index < -0.39 is 9.84 Å². The number of nitrogens with one attached hydrogen (secondary N) is 2. The fraction of sp³-hybridized carbons (Fsp3) is 0.364. The number of carbonyl (C=O) groups excluding carboxylic acids is 1. The zero-order chi connectivity index (χ0) is 21.8. The number of nitrogens with zero attached hydrogens (tertiary/aromatic N) is 2. The van der Waals surface area contributed by atoms with Crippen LogP contribution in [0.5, 0.6) is 0 Å². The molecule has 1 saturated heterocycles. The number of hydrogen-bond donors (Lipinski definition) is 2. The second-order valence-corrected chi connectivity index (χ2v) is 10.3. The third kappa shape index (κ3) is 5.44. The van der Waals surface area contributed by atoms with Crippen LogP contribution in [-0.2, 0) is 21.2 Å². The highest BCUT2D eigenvalue weighted by atomic mass is 35.5. The molecule has 0 unspecified atom stereocenters. The molecule has 0 atom stereocenters. The molecular weight excluding hydrogens is 436 g/mol. The summed E-state index contributed by atoms with van der Waals surface area (Å²) in [5, 5.41) is 5.74. The van der Waals surface area contributed by atoms with Crippen molar-refractivity contribution in [1.29, 1.82) is 0 Å². The Bertz CT molecular complexity index is 1160. The summed E-state index contributed by atoms with van der Waals surface area (Å²) in [6.45, 7) is 1.93. The molecule has 0 bridgehead atoms. The van der Waals surface area contributed by atoms with Gasteiger partial charge in [0.1, 0.15) is 5.82 Å². The number of sulfone groups is 1. The lowest BCUT2D eigenvalue weighted by atomic mass is 10.0. The summed E-state index contributed by atoms with van der Waals surface area (Å²) < 4.78 is 25.5. The molecule has 7 nitrogen and oxygen atoms in total. The van der Waals surface area contributed by atoms with Gasteiger partial charge < -0.3 is 15.2 Å². The highest BCUT2D eigenvalue weighted by molar-refractivity contribution is 7.91. The molecule has 3 aromatic rings. The predicted octanol–water partition coefficient (Wildman–Crippen LogP) is 3.16. The number of halogens is 1. The van der Waals surface area contributed by atoms with E-state index in [0.29, 0.717) is 30.7 Å². The van der Waals surface area contributed by atoms with Crippen molar-refractivity contribution in [2.45, 2.75) is 36.7 Å². The Morgan fingerprint density at radius 1 is 1.16 bits per heavy atom. The molecule has 1 aliphatic heterocycles. The SMILES string of the molecule is O=C(CCS(=O)(=O)c1ccc2cc(Cl)ccc2c1)N1CCC(NCc2ncc[nH]2)CC1. The highest BCUT2D eigenvalue weighted by Crippen LogP contribution is 2.23. The Morgan fingerprint density at radius 2 is 1.90 bits per heavy atom. The molecule has 2 N–H and O–H groups in total. The maximum absolute atomic E-state index is 12.8. The first kappa shape index (κ1) is 21.8. The quantitative estimate of drug-likeness (QED) is 0.564. The third-order valence-electron chi connectivity index (χ3n) is 5.68. The Balaban J connectivity index is 1.28. The van der Waals surface area contributed by atoms with Crippen LogP contribution in [0.15, 0.2) is 53.7 Å². The maximum Gasteiger partial charge on any atom is 0.223 e. The van der Waals surface area contributed by atoms with Gasteiger partial charge in [-0.1, -0.05) is 23.7 Å². The lowest BCUT2D eigenvalue weighted by Gasteiger charge is -2.32. The number of rotatable bonds is 7.